The van der Waals surface area contributed by atoms with Gasteiger partial charge in [0.15, 0.2) is 0 Å². The number of allylic oxidation sites excluding steroid dienone is 1. The Morgan fingerprint density at radius 1 is 1.89 bits per heavy atom. The lowest BCUT2D eigenvalue weighted by molar-refractivity contribution is -0.115. The van der Waals surface area contributed by atoms with Gasteiger partial charge in [0.05, 0.1) is 0 Å². The number of carbonyl (C=O) groups excluding carboxylic acids is 1. The molecule has 1 rings (SSSR count). The van der Waals surface area contributed by atoms with E-state index >= 15 is 0 Å². The van der Waals surface area contributed by atoms with Gasteiger partial charge in [-0.25, -0.2) is 0 Å². The minimum absolute atomic E-state index is 0.853. The van der Waals surface area contributed by atoms with Crippen LogP contribution in [0.4, 0.5) is 0 Å². The fourth-order valence-corrected chi connectivity index (χ4v) is 1.56. The minimum Gasteiger partial charge on any atom is -0.320 e. The van der Waals surface area contributed by atoms with Gasteiger partial charge in [-0.1, -0.05) is 0 Å². The number of amides is 1. The predicted molar refractivity (Wildman–Crippen MR) is 39.0 cm³/mol. The molecule has 0 unspecified atom stereocenters. The van der Waals surface area contributed by atoms with E-state index < -0.39 is 0 Å². The topological polar surface area (TPSA) is 20.3 Å². The van der Waals surface area contributed by atoms with Crippen LogP contribution in [-0.4, -0.2) is 23.6 Å². The van der Waals surface area contributed by atoms with Gasteiger partial charge in [0, 0.05) is 18.5 Å². The van der Waals surface area contributed by atoms with Crippen LogP contribution >= 0.6 is 11.8 Å². The van der Waals surface area contributed by atoms with Gasteiger partial charge in [0.1, 0.15) is 0 Å². The van der Waals surface area contributed by atoms with Crippen LogP contribution in [0.5, 0.6) is 0 Å². The first-order chi connectivity index (χ1) is 4.33. The van der Waals surface area contributed by atoms with E-state index in [2.05, 4.69) is 0 Å². The van der Waals surface area contributed by atoms with Gasteiger partial charge in [0.2, 0.25) is 6.41 Å². The van der Waals surface area contributed by atoms with E-state index in [0.717, 1.165) is 18.7 Å². The van der Waals surface area contributed by atoms with E-state index in [1.165, 1.54) is 4.91 Å². The Morgan fingerprint density at radius 2 is 2.67 bits per heavy atom. The third-order valence-corrected chi connectivity index (χ3v) is 2.11. The molecule has 50 valence electrons. The number of rotatable bonds is 1. The van der Waals surface area contributed by atoms with Gasteiger partial charge in [-0.05, 0) is 11.8 Å². The van der Waals surface area contributed by atoms with Crippen molar-refractivity contribution in [2.24, 2.45) is 0 Å². The molecule has 0 bridgehead atoms. The molecule has 0 aromatic rings. The molecule has 1 aliphatic heterocycles. The fraction of sp³-hybridized carbons (Fsp3) is 0.500. The first-order valence-corrected chi connectivity index (χ1v) is 3.84. The quantitative estimate of drug-likeness (QED) is 0.511. The van der Waals surface area contributed by atoms with Crippen LogP contribution in [-0.2, 0) is 4.79 Å². The third kappa shape index (κ3) is 1.75. The van der Waals surface area contributed by atoms with Crippen LogP contribution in [0.15, 0.2) is 11.1 Å². The molecule has 0 aromatic carbocycles. The van der Waals surface area contributed by atoms with Crippen LogP contribution in [0.25, 0.3) is 0 Å². The van der Waals surface area contributed by atoms with Gasteiger partial charge < -0.3 is 4.90 Å². The number of nitrogens with zero attached hydrogens (tertiary/aromatic N) is 1. The molecule has 0 atom stereocenters. The Kier molecular flexibility index (Phi) is 2.16. The van der Waals surface area contributed by atoms with E-state index in [1.54, 1.807) is 16.7 Å². The predicted octanol–water partition coefficient (Wildman–Crippen LogP) is 1.05. The second kappa shape index (κ2) is 2.92. The number of carbonyl (C=O) groups is 1. The average molecular weight is 143 g/mol. The van der Waals surface area contributed by atoms with Crippen molar-refractivity contribution >= 4 is 18.2 Å². The number of thioether (sulfide) groups is 1. The second-order valence-corrected chi connectivity index (χ2v) is 3.27. The largest absolute Gasteiger partial charge is 0.320 e. The van der Waals surface area contributed by atoms with Crippen LogP contribution < -0.4 is 0 Å². The Hall–Kier alpha value is -0.440. The van der Waals surface area contributed by atoms with Crippen molar-refractivity contribution < 1.29 is 4.79 Å². The molecular weight excluding hydrogens is 134 g/mol. The lowest BCUT2D eigenvalue weighted by atomic mass is 10.6. The summed E-state index contributed by atoms with van der Waals surface area (Å²) in [7, 11) is 0. The molecule has 3 heteroatoms. The molecule has 2 nitrogen and oxygen atoms in total. The molecule has 0 radical (unpaired) electrons. The summed E-state index contributed by atoms with van der Waals surface area (Å²) in [5.41, 5.74) is 0. The summed E-state index contributed by atoms with van der Waals surface area (Å²) in [6, 6.07) is 0. The first-order valence-electron chi connectivity index (χ1n) is 2.85. The van der Waals surface area contributed by atoms with Gasteiger partial charge in [-0.15, -0.1) is 11.8 Å². The summed E-state index contributed by atoms with van der Waals surface area (Å²) in [5.74, 6) is 1.03. The molecule has 0 N–H and O–H groups in total. The summed E-state index contributed by atoms with van der Waals surface area (Å²) in [4.78, 5) is 13.1. The summed E-state index contributed by atoms with van der Waals surface area (Å²) < 4.78 is 0. The third-order valence-electron chi connectivity index (χ3n) is 1.16. The van der Waals surface area contributed by atoms with E-state index in [1.807, 2.05) is 13.1 Å². The Labute approximate surface area is 58.9 Å². The number of hydrogen-bond donors (Lipinski definition) is 0. The zero-order valence-corrected chi connectivity index (χ0v) is 6.15. The highest BCUT2D eigenvalue weighted by molar-refractivity contribution is 8.03. The molecule has 0 saturated heterocycles. The van der Waals surface area contributed by atoms with Crippen molar-refractivity contribution in [3.8, 4) is 0 Å². The van der Waals surface area contributed by atoms with Crippen LogP contribution in [0.2, 0.25) is 0 Å². The van der Waals surface area contributed by atoms with E-state index in [0.29, 0.717) is 0 Å². The van der Waals surface area contributed by atoms with E-state index in [-0.39, 0.29) is 0 Å². The normalized spacial score (nSPS) is 19.2. The molecule has 1 heterocycles. The van der Waals surface area contributed by atoms with Crippen molar-refractivity contribution in [3.63, 3.8) is 0 Å². The summed E-state index contributed by atoms with van der Waals surface area (Å²) in [6.07, 6.45) is 2.74. The molecule has 9 heavy (non-hydrogen) atoms. The standard InChI is InChI=1S/C6H9NOS/c1-6-4-7(5-8)2-3-9-6/h4-5H,2-3H2,1H3. The SMILES string of the molecule is CC1=CN(C=O)CCS1. The highest BCUT2D eigenvalue weighted by Gasteiger charge is 2.04. The zero-order chi connectivity index (χ0) is 6.69. The van der Waals surface area contributed by atoms with Crippen molar-refractivity contribution in [1.82, 2.24) is 4.90 Å². The van der Waals surface area contributed by atoms with E-state index in [9.17, 15) is 4.79 Å². The van der Waals surface area contributed by atoms with Gasteiger partial charge in [0.25, 0.3) is 0 Å². The Morgan fingerprint density at radius 3 is 3.11 bits per heavy atom. The molecule has 0 fully saturated rings. The zero-order valence-electron chi connectivity index (χ0n) is 5.33. The first kappa shape index (κ1) is 6.68. The average Bonchev–Trinajstić information content (AvgIpc) is 1.88. The minimum atomic E-state index is 0.853. The van der Waals surface area contributed by atoms with Crippen molar-refractivity contribution in [2.75, 3.05) is 12.3 Å². The smallest absolute Gasteiger partial charge is 0.213 e. The van der Waals surface area contributed by atoms with Crippen molar-refractivity contribution in [1.29, 1.82) is 0 Å². The van der Waals surface area contributed by atoms with Crippen molar-refractivity contribution in [3.05, 3.63) is 11.1 Å². The van der Waals surface area contributed by atoms with E-state index in [4.69, 9.17) is 0 Å². The lowest BCUT2D eigenvalue weighted by Gasteiger charge is -2.17. The van der Waals surface area contributed by atoms with Gasteiger partial charge in [-0.3, -0.25) is 4.79 Å². The van der Waals surface area contributed by atoms with Crippen molar-refractivity contribution in [2.45, 2.75) is 6.92 Å². The highest BCUT2D eigenvalue weighted by atomic mass is 32.2. The van der Waals surface area contributed by atoms with Crippen LogP contribution in [0, 0.1) is 0 Å². The molecule has 0 spiro atoms. The van der Waals surface area contributed by atoms with Gasteiger partial charge >= 0.3 is 0 Å². The summed E-state index contributed by atoms with van der Waals surface area (Å²) in [5, 5.41) is 0. The monoisotopic (exact) mass is 143 g/mol. The van der Waals surface area contributed by atoms with Crippen LogP contribution in [0.1, 0.15) is 6.92 Å². The maximum Gasteiger partial charge on any atom is 0.213 e. The number of hydrogen-bond acceptors (Lipinski definition) is 2. The molecule has 0 aromatic heterocycles. The maximum atomic E-state index is 10.2. The second-order valence-electron chi connectivity index (χ2n) is 1.93. The Bertz CT molecular complexity index is 144. The van der Waals surface area contributed by atoms with Gasteiger partial charge in [-0.2, -0.15) is 0 Å². The molecule has 1 amide bonds. The lowest BCUT2D eigenvalue weighted by Crippen LogP contribution is -2.21. The van der Waals surface area contributed by atoms with Crippen LogP contribution in [0.3, 0.4) is 0 Å². The molecular formula is C6H9NOS. The molecule has 0 saturated carbocycles. The molecule has 0 aliphatic carbocycles. The Balaban J connectivity index is 2.56. The maximum absolute atomic E-state index is 10.2. The summed E-state index contributed by atoms with van der Waals surface area (Å²) in [6.45, 7) is 2.87. The fourth-order valence-electron chi connectivity index (χ4n) is 0.731. The highest BCUT2D eigenvalue weighted by Crippen LogP contribution is 2.18. The molecule has 1 aliphatic rings. The summed E-state index contributed by atoms with van der Waals surface area (Å²) >= 11 is 1.80.